The molecule has 1 fully saturated rings. The smallest absolute Gasteiger partial charge is 0.338 e. The van der Waals surface area contributed by atoms with Crippen LogP contribution in [0.3, 0.4) is 0 Å². The van der Waals surface area contributed by atoms with Gasteiger partial charge in [0, 0.05) is 13.5 Å². The van der Waals surface area contributed by atoms with Gasteiger partial charge in [0.05, 0.1) is 24.9 Å². The van der Waals surface area contributed by atoms with Crippen molar-refractivity contribution < 1.29 is 28.2 Å². The second-order valence-electron chi connectivity index (χ2n) is 8.58. The van der Waals surface area contributed by atoms with Gasteiger partial charge in [-0.05, 0) is 30.3 Å². The minimum absolute atomic E-state index is 0.0766. The lowest BCUT2D eigenvalue weighted by Crippen LogP contribution is -2.46. The molecule has 0 bridgehead atoms. The molecule has 1 unspecified atom stereocenters. The third-order valence-corrected chi connectivity index (χ3v) is 9.90. The molecule has 1 aliphatic rings. The van der Waals surface area contributed by atoms with Crippen LogP contribution in [0.2, 0.25) is 18.1 Å². The maximum absolute atomic E-state index is 12.3. The summed E-state index contributed by atoms with van der Waals surface area (Å²) in [4.78, 5) is 12.3. The van der Waals surface area contributed by atoms with Crippen LogP contribution in [0.1, 0.15) is 37.6 Å². The first kappa shape index (κ1) is 23.0. The highest BCUT2D eigenvalue weighted by Crippen LogP contribution is 2.39. The van der Waals surface area contributed by atoms with E-state index in [0.29, 0.717) is 25.2 Å². The summed E-state index contributed by atoms with van der Waals surface area (Å²) in [5.41, 5.74) is 0.523. The SMILES string of the molecule is COCCOC1C[C@H](O[Si](C)(C)C(C)(C)C)[C@@H](COC(=O)c2ccccc2)O1. The molecule has 158 valence electrons. The molecule has 0 spiro atoms. The Morgan fingerprint density at radius 3 is 2.46 bits per heavy atom. The van der Waals surface area contributed by atoms with Crippen molar-refractivity contribution >= 4 is 14.3 Å². The zero-order valence-corrected chi connectivity index (χ0v) is 18.9. The van der Waals surface area contributed by atoms with Crippen molar-refractivity contribution in [2.24, 2.45) is 0 Å². The van der Waals surface area contributed by atoms with Crippen LogP contribution < -0.4 is 0 Å². The Morgan fingerprint density at radius 1 is 1.18 bits per heavy atom. The quantitative estimate of drug-likeness (QED) is 0.348. The van der Waals surface area contributed by atoms with E-state index >= 15 is 0 Å². The number of benzene rings is 1. The van der Waals surface area contributed by atoms with Gasteiger partial charge in [0.25, 0.3) is 0 Å². The number of ether oxygens (including phenoxy) is 4. The average Bonchev–Trinajstić information content (AvgIpc) is 3.00. The van der Waals surface area contributed by atoms with E-state index in [2.05, 4.69) is 33.9 Å². The average molecular weight is 411 g/mol. The highest BCUT2D eigenvalue weighted by Gasteiger charge is 2.45. The van der Waals surface area contributed by atoms with E-state index in [0.717, 1.165) is 0 Å². The van der Waals surface area contributed by atoms with Crippen molar-refractivity contribution in [2.75, 3.05) is 26.9 Å². The van der Waals surface area contributed by atoms with Gasteiger partial charge in [-0.3, -0.25) is 0 Å². The molecule has 0 N–H and O–H groups in total. The largest absolute Gasteiger partial charge is 0.459 e. The molecule has 0 aliphatic carbocycles. The molecule has 1 aromatic rings. The molecule has 28 heavy (non-hydrogen) atoms. The molecule has 3 atom stereocenters. The summed E-state index contributed by atoms with van der Waals surface area (Å²) in [5.74, 6) is -0.362. The van der Waals surface area contributed by atoms with E-state index < -0.39 is 8.32 Å². The summed E-state index contributed by atoms with van der Waals surface area (Å²) in [5, 5.41) is 0.0766. The predicted molar refractivity (Wildman–Crippen MR) is 110 cm³/mol. The van der Waals surface area contributed by atoms with E-state index in [1.807, 2.05) is 18.2 Å². The van der Waals surface area contributed by atoms with Crippen LogP contribution in [-0.2, 0) is 23.4 Å². The van der Waals surface area contributed by atoms with E-state index in [1.165, 1.54) is 0 Å². The van der Waals surface area contributed by atoms with Gasteiger partial charge in [-0.2, -0.15) is 0 Å². The van der Waals surface area contributed by atoms with Crippen LogP contribution in [0.4, 0.5) is 0 Å². The first-order valence-corrected chi connectivity index (χ1v) is 12.7. The third kappa shape index (κ3) is 6.39. The minimum atomic E-state index is -2.00. The number of methoxy groups -OCH3 is 1. The Hall–Kier alpha value is -1.25. The highest BCUT2D eigenvalue weighted by atomic mass is 28.4. The summed E-state index contributed by atoms with van der Waals surface area (Å²) < 4.78 is 28.9. The number of esters is 1. The van der Waals surface area contributed by atoms with Gasteiger partial charge in [0.2, 0.25) is 0 Å². The van der Waals surface area contributed by atoms with Crippen molar-refractivity contribution in [3.8, 4) is 0 Å². The van der Waals surface area contributed by atoms with Crippen LogP contribution in [0.15, 0.2) is 30.3 Å². The molecule has 0 aromatic heterocycles. The Labute approximate surface area is 169 Å². The molecule has 6 nitrogen and oxygen atoms in total. The fraction of sp³-hybridized carbons (Fsp3) is 0.667. The lowest BCUT2D eigenvalue weighted by Gasteiger charge is -2.39. The summed E-state index contributed by atoms with van der Waals surface area (Å²) >= 11 is 0. The minimum Gasteiger partial charge on any atom is -0.459 e. The Kier molecular flexibility index (Phi) is 8.21. The van der Waals surface area contributed by atoms with Crippen LogP contribution in [-0.4, -0.2) is 59.7 Å². The van der Waals surface area contributed by atoms with E-state index in [-0.39, 0.29) is 36.1 Å². The number of hydrogen-bond acceptors (Lipinski definition) is 6. The van der Waals surface area contributed by atoms with Crippen molar-refractivity contribution in [3.05, 3.63) is 35.9 Å². The third-order valence-electron chi connectivity index (χ3n) is 5.40. The van der Waals surface area contributed by atoms with Gasteiger partial charge in [0.15, 0.2) is 14.6 Å². The number of carbonyl (C=O) groups is 1. The zero-order chi connectivity index (χ0) is 20.8. The summed E-state index contributed by atoms with van der Waals surface area (Å²) in [6.45, 7) is 12.1. The Morgan fingerprint density at radius 2 is 1.86 bits per heavy atom. The molecule has 2 rings (SSSR count). The van der Waals surface area contributed by atoms with Crippen LogP contribution in [0.25, 0.3) is 0 Å². The molecule has 0 amide bonds. The normalized spacial score (nSPS) is 23.0. The lowest BCUT2D eigenvalue weighted by atomic mass is 10.2. The second kappa shape index (κ2) is 9.98. The lowest BCUT2D eigenvalue weighted by molar-refractivity contribution is -0.149. The van der Waals surface area contributed by atoms with Crippen molar-refractivity contribution in [2.45, 2.75) is 63.8 Å². The highest BCUT2D eigenvalue weighted by molar-refractivity contribution is 6.74. The number of carbonyl (C=O) groups excluding carboxylic acids is 1. The molecule has 0 saturated carbocycles. The Bertz CT molecular complexity index is 613. The fourth-order valence-electron chi connectivity index (χ4n) is 2.69. The van der Waals surface area contributed by atoms with Gasteiger partial charge < -0.3 is 23.4 Å². The predicted octanol–water partition coefficient (Wildman–Crippen LogP) is 4.01. The van der Waals surface area contributed by atoms with Gasteiger partial charge in [-0.15, -0.1) is 0 Å². The summed E-state index contributed by atoms with van der Waals surface area (Å²) in [6.07, 6.45) is -0.291. The standard InChI is InChI=1S/C21H34O6Si/c1-21(2,3)28(5,6)27-17-14-19(24-13-12-23-4)26-18(17)15-25-20(22)16-10-8-7-9-11-16/h7-11,17-19H,12-15H2,1-6H3/t17-,18+,19?/m0/s1. The topological polar surface area (TPSA) is 63.2 Å². The van der Waals surface area contributed by atoms with Gasteiger partial charge in [-0.25, -0.2) is 4.79 Å². The molecule has 1 heterocycles. The van der Waals surface area contributed by atoms with Crippen molar-refractivity contribution in [1.82, 2.24) is 0 Å². The molecule has 1 aliphatic heterocycles. The summed E-state index contributed by atoms with van der Waals surface area (Å²) in [6, 6.07) is 8.95. The maximum atomic E-state index is 12.3. The zero-order valence-electron chi connectivity index (χ0n) is 17.9. The molecular weight excluding hydrogens is 376 g/mol. The second-order valence-corrected chi connectivity index (χ2v) is 13.3. The van der Waals surface area contributed by atoms with E-state index in [4.69, 9.17) is 23.4 Å². The first-order valence-electron chi connectivity index (χ1n) is 9.80. The number of rotatable bonds is 9. The maximum Gasteiger partial charge on any atom is 0.338 e. The van der Waals surface area contributed by atoms with Crippen molar-refractivity contribution in [3.63, 3.8) is 0 Å². The fourth-order valence-corrected chi connectivity index (χ4v) is 4.05. The van der Waals surface area contributed by atoms with Crippen LogP contribution in [0, 0.1) is 0 Å². The van der Waals surface area contributed by atoms with Crippen LogP contribution >= 0.6 is 0 Å². The van der Waals surface area contributed by atoms with Crippen LogP contribution in [0.5, 0.6) is 0 Å². The van der Waals surface area contributed by atoms with E-state index in [1.54, 1.807) is 19.2 Å². The van der Waals surface area contributed by atoms with Crippen molar-refractivity contribution in [1.29, 1.82) is 0 Å². The van der Waals surface area contributed by atoms with E-state index in [9.17, 15) is 4.79 Å². The Balaban J connectivity index is 2.00. The van der Waals surface area contributed by atoms with Gasteiger partial charge in [-0.1, -0.05) is 39.0 Å². The molecule has 1 saturated heterocycles. The molecule has 7 heteroatoms. The number of hydrogen-bond donors (Lipinski definition) is 0. The molecule has 1 aromatic carbocycles. The summed E-state index contributed by atoms with van der Waals surface area (Å²) in [7, 11) is -0.367. The monoisotopic (exact) mass is 410 g/mol. The van der Waals surface area contributed by atoms with Gasteiger partial charge in [0.1, 0.15) is 12.7 Å². The molecular formula is C21H34O6Si. The molecule has 0 radical (unpaired) electrons. The first-order chi connectivity index (χ1) is 13.1. The van der Waals surface area contributed by atoms with Gasteiger partial charge >= 0.3 is 5.97 Å².